The summed E-state index contributed by atoms with van der Waals surface area (Å²) in [5.74, 6) is -1.43. The summed E-state index contributed by atoms with van der Waals surface area (Å²) < 4.78 is 37.8. The van der Waals surface area contributed by atoms with Crippen molar-refractivity contribution in [2.24, 2.45) is 0 Å². The molecule has 0 aliphatic rings. The average molecular weight is 507 g/mol. The molecular formula is C16H13Br2NO6S. The minimum Gasteiger partial charge on any atom is -0.496 e. The van der Waals surface area contributed by atoms with Crippen molar-refractivity contribution in [2.75, 3.05) is 14.2 Å². The minimum atomic E-state index is -4.22. The molecule has 10 heteroatoms. The van der Waals surface area contributed by atoms with Gasteiger partial charge in [-0.05, 0) is 52.3 Å². The number of hydrogen-bond donors (Lipinski definition) is 1. The molecule has 0 atom stereocenters. The van der Waals surface area contributed by atoms with Crippen molar-refractivity contribution in [3.05, 3.63) is 56.5 Å². The molecule has 0 heterocycles. The maximum absolute atomic E-state index is 12.5. The number of esters is 1. The lowest BCUT2D eigenvalue weighted by Crippen LogP contribution is -2.31. The molecule has 138 valence electrons. The molecule has 2 aromatic carbocycles. The molecule has 0 spiro atoms. The molecule has 0 saturated heterocycles. The van der Waals surface area contributed by atoms with Crippen molar-refractivity contribution in [2.45, 2.75) is 4.90 Å². The van der Waals surface area contributed by atoms with Crippen LogP contribution in [0.2, 0.25) is 0 Å². The Balaban J connectivity index is 2.38. The third-order valence-corrected chi connectivity index (χ3v) is 5.77. The SMILES string of the molecule is COC(=O)c1cc(S(=O)(=O)NC(=O)c2ccc(Br)cc2Br)ccc1OC. The van der Waals surface area contributed by atoms with E-state index in [1.165, 1.54) is 25.3 Å². The van der Waals surface area contributed by atoms with E-state index in [1.807, 2.05) is 4.72 Å². The minimum absolute atomic E-state index is 0.0739. The highest BCUT2D eigenvalue weighted by molar-refractivity contribution is 9.11. The Labute approximate surface area is 167 Å². The maximum Gasteiger partial charge on any atom is 0.341 e. The lowest BCUT2D eigenvalue weighted by molar-refractivity contribution is 0.0596. The van der Waals surface area contributed by atoms with Crippen LogP contribution in [0.25, 0.3) is 0 Å². The fraction of sp³-hybridized carbons (Fsp3) is 0.125. The molecule has 2 aromatic rings. The van der Waals surface area contributed by atoms with Gasteiger partial charge in [-0.1, -0.05) is 15.9 Å². The van der Waals surface area contributed by atoms with Crippen LogP contribution in [0, 0.1) is 0 Å². The second kappa shape index (κ2) is 8.19. The predicted octanol–water partition coefficient (Wildman–Crippen LogP) is 3.13. The van der Waals surface area contributed by atoms with Gasteiger partial charge in [0.15, 0.2) is 0 Å². The zero-order valence-electron chi connectivity index (χ0n) is 13.6. The van der Waals surface area contributed by atoms with E-state index in [9.17, 15) is 18.0 Å². The highest BCUT2D eigenvalue weighted by Gasteiger charge is 2.23. The molecule has 0 unspecified atom stereocenters. The summed E-state index contributed by atoms with van der Waals surface area (Å²) in [7, 11) is -1.72. The third kappa shape index (κ3) is 4.43. The molecule has 0 fully saturated rings. The summed E-state index contributed by atoms with van der Waals surface area (Å²) in [6.45, 7) is 0. The van der Waals surface area contributed by atoms with Crippen molar-refractivity contribution in [1.82, 2.24) is 4.72 Å². The smallest absolute Gasteiger partial charge is 0.341 e. The number of carbonyl (C=O) groups excluding carboxylic acids is 2. The summed E-state index contributed by atoms with van der Waals surface area (Å²) in [6.07, 6.45) is 0. The van der Waals surface area contributed by atoms with Gasteiger partial charge >= 0.3 is 5.97 Å². The molecule has 7 nitrogen and oxygen atoms in total. The Morgan fingerprint density at radius 3 is 2.27 bits per heavy atom. The van der Waals surface area contributed by atoms with Crippen LogP contribution in [0.1, 0.15) is 20.7 Å². The number of rotatable bonds is 5. The fourth-order valence-corrected chi connectivity index (χ4v) is 4.25. The van der Waals surface area contributed by atoms with Gasteiger partial charge in [-0.2, -0.15) is 0 Å². The topological polar surface area (TPSA) is 98.8 Å². The Morgan fingerprint density at radius 1 is 1.00 bits per heavy atom. The van der Waals surface area contributed by atoms with E-state index in [0.717, 1.165) is 17.6 Å². The summed E-state index contributed by atoms with van der Waals surface area (Å²) >= 11 is 6.46. The quantitative estimate of drug-likeness (QED) is 0.625. The van der Waals surface area contributed by atoms with Crippen molar-refractivity contribution in [1.29, 1.82) is 0 Å². The van der Waals surface area contributed by atoms with E-state index in [1.54, 1.807) is 12.1 Å². The standard InChI is InChI=1S/C16H13Br2NO6S/c1-24-14-6-4-10(8-12(14)16(21)25-2)26(22,23)19-15(20)11-5-3-9(17)7-13(11)18/h3-8H,1-2H3,(H,19,20). The zero-order chi connectivity index (χ0) is 19.5. The molecule has 0 aromatic heterocycles. The first-order valence-electron chi connectivity index (χ1n) is 6.98. The molecule has 0 aliphatic heterocycles. The maximum atomic E-state index is 12.5. The number of halogens is 2. The van der Waals surface area contributed by atoms with Gasteiger partial charge in [0.1, 0.15) is 11.3 Å². The fourth-order valence-electron chi connectivity index (χ4n) is 2.03. The van der Waals surface area contributed by atoms with E-state index < -0.39 is 21.9 Å². The molecule has 0 aliphatic carbocycles. The van der Waals surface area contributed by atoms with E-state index in [4.69, 9.17) is 4.74 Å². The van der Waals surface area contributed by atoms with E-state index >= 15 is 0 Å². The largest absolute Gasteiger partial charge is 0.496 e. The van der Waals surface area contributed by atoms with Gasteiger partial charge in [0, 0.05) is 8.95 Å². The molecule has 1 amide bonds. The number of hydrogen-bond acceptors (Lipinski definition) is 6. The Morgan fingerprint density at radius 2 is 1.69 bits per heavy atom. The zero-order valence-corrected chi connectivity index (χ0v) is 17.6. The number of amides is 1. The predicted molar refractivity (Wildman–Crippen MR) is 101 cm³/mol. The van der Waals surface area contributed by atoms with Crippen molar-refractivity contribution in [3.63, 3.8) is 0 Å². The highest BCUT2D eigenvalue weighted by atomic mass is 79.9. The number of benzene rings is 2. The van der Waals surface area contributed by atoms with Gasteiger partial charge in [-0.25, -0.2) is 17.9 Å². The summed E-state index contributed by atoms with van der Waals surface area (Å²) in [5.41, 5.74) is 0.0635. The van der Waals surface area contributed by atoms with Crippen LogP contribution in [0.4, 0.5) is 0 Å². The molecular weight excluding hydrogens is 494 g/mol. The Hall–Kier alpha value is -1.91. The monoisotopic (exact) mass is 505 g/mol. The Kier molecular flexibility index (Phi) is 6.43. The Bertz CT molecular complexity index is 975. The molecule has 0 radical (unpaired) electrons. The first-order chi connectivity index (χ1) is 12.2. The number of nitrogens with one attached hydrogen (secondary N) is 1. The molecule has 1 N–H and O–H groups in total. The van der Waals surface area contributed by atoms with E-state index in [2.05, 4.69) is 36.6 Å². The van der Waals surface area contributed by atoms with Crippen LogP contribution in [-0.2, 0) is 14.8 Å². The molecule has 0 saturated carbocycles. The first kappa shape index (κ1) is 20.4. The second-order valence-electron chi connectivity index (χ2n) is 4.91. The summed E-state index contributed by atoms with van der Waals surface area (Å²) in [4.78, 5) is 23.8. The van der Waals surface area contributed by atoms with Crippen LogP contribution in [0.3, 0.4) is 0 Å². The van der Waals surface area contributed by atoms with Gasteiger partial charge in [0.05, 0.1) is 24.7 Å². The van der Waals surface area contributed by atoms with Gasteiger partial charge in [0.2, 0.25) is 0 Å². The normalized spacial score (nSPS) is 10.9. The average Bonchev–Trinajstić information content (AvgIpc) is 2.59. The van der Waals surface area contributed by atoms with Crippen molar-refractivity contribution in [3.8, 4) is 5.75 Å². The van der Waals surface area contributed by atoms with E-state index in [0.29, 0.717) is 4.47 Å². The van der Waals surface area contributed by atoms with Crippen molar-refractivity contribution >= 4 is 53.8 Å². The summed E-state index contributed by atoms with van der Waals surface area (Å²) in [6, 6.07) is 8.29. The lowest BCUT2D eigenvalue weighted by Gasteiger charge is -2.11. The van der Waals surface area contributed by atoms with Crippen LogP contribution in [-0.4, -0.2) is 34.5 Å². The van der Waals surface area contributed by atoms with Crippen LogP contribution < -0.4 is 9.46 Å². The third-order valence-electron chi connectivity index (χ3n) is 3.29. The molecule has 2 rings (SSSR count). The van der Waals surface area contributed by atoms with Gasteiger partial charge in [-0.15, -0.1) is 0 Å². The first-order valence-corrected chi connectivity index (χ1v) is 10.0. The molecule has 0 bridgehead atoms. The van der Waals surface area contributed by atoms with Gasteiger partial charge in [-0.3, -0.25) is 4.79 Å². The van der Waals surface area contributed by atoms with Crippen LogP contribution in [0.5, 0.6) is 5.75 Å². The number of carbonyl (C=O) groups is 2. The summed E-state index contributed by atoms with van der Waals surface area (Å²) in [5, 5.41) is 0. The van der Waals surface area contributed by atoms with E-state index in [-0.39, 0.29) is 21.8 Å². The molecule has 26 heavy (non-hydrogen) atoms. The van der Waals surface area contributed by atoms with Crippen LogP contribution >= 0.6 is 31.9 Å². The van der Waals surface area contributed by atoms with Crippen LogP contribution in [0.15, 0.2) is 50.2 Å². The number of ether oxygens (including phenoxy) is 2. The van der Waals surface area contributed by atoms with Gasteiger partial charge in [0.25, 0.3) is 15.9 Å². The second-order valence-corrected chi connectivity index (χ2v) is 8.36. The number of methoxy groups -OCH3 is 2. The van der Waals surface area contributed by atoms with Gasteiger partial charge < -0.3 is 9.47 Å². The lowest BCUT2D eigenvalue weighted by atomic mass is 10.2. The number of sulfonamides is 1. The highest BCUT2D eigenvalue weighted by Crippen LogP contribution is 2.25. The van der Waals surface area contributed by atoms with Crippen molar-refractivity contribution < 1.29 is 27.5 Å².